The van der Waals surface area contributed by atoms with Gasteiger partial charge in [0.1, 0.15) is 6.10 Å². The van der Waals surface area contributed by atoms with Crippen molar-refractivity contribution in [2.24, 2.45) is 0 Å². The van der Waals surface area contributed by atoms with Gasteiger partial charge < -0.3 is 4.74 Å². The molecule has 5 heteroatoms. The molecule has 0 spiro atoms. The van der Waals surface area contributed by atoms with Crippen molar-refractivity contribution in [1.82, 2.24) is 9.78 Å². The Labute approximate surface area is 112 Å². The molecule has 0 amide bonds. The first kappa shape index (κ1) is 14.3. The summed E-state index contributed by atoms with van der Waals surface area (Å²) < 4.78 is 7.06. The zero-order valence-corrected chi connectivity index (χ0v) is 10.8. The van der Waals surface area contributed by atoms with Crippen molar-refractivity contribution in [2.45, 2.75) is 19.6 Å². The van der Waals surface area contributed by atoms with E-state index in [9.17, 15) is 4.79 Å². The highest BCUT2D eigenvalue weighted by Crippen LogP contribution is 2.19. The summed E-state index contributed by atoms with van der Waals surface area (Å²) in [5.74, 6) is -0.286. The highest BCUT2D eigenvalue weighted by atomic mass is 35.5. The van der Waals surface area contributed by atoms with E-state index < -0.39 is 0 Å². The second-order valence-corrected chi connectivity index (χ2v) is 3.74. The lowest BCUT2D eigenvalue weighted by Crippen LogP contribution is -2.15. The van der Waals surface area contributed by atoms with E-state index in [0.717, 1.165) is 5.56 Å². The number of carbonyl (C=O) groups is 1. The normalized spacial score (nSPS) is 11.4. The lowest BCUT2D eigenvalue weighted by atomic mass is 10.1. The van der Waals surface area contributed by atoms with E-state index in [2.05, 4.69) is 5.10 Å². The number of rotatable bonds is 4. The molecule has 2 rings (SSSR count). The maximum Gasteiger partial charge on any atom is 0.303 e. The number of hydrogen-bond donors (Lipinski definition) is 0. The van der Waals surface area contributed by atoms with Gasteiger partial charge in [0.2, 0.25) is 0 Å². The van der Waals surface area contributed by atoms with Crippen LogP contribution in [-0.4, -0.2) is 15.7 Å². The molecule has 0 bridgehead atoms. The molecule has 0 N–H and O–H groups in total. The molecule has 0 saturated heterocycles. The van der Waals surface area contributed by atoms with Crippen LogP contribution in [0.15, 0.2) is 48.8 Å². The fraction of sp³-hybridized carbons (Fsp3) is 0.231. The Morgan fingerprint density at radius 3 is 2.61 bits per heavy atom. The predicted molar refractivity (Wildman–Crippen MR) is 70.4 cm³/mol. The molecule has 0 saturated carbocycles. The van der Waals surface area contributed by atoms with Gasteiger partial charge in [0.25, 0.3) is 0 Å². The molecule has 1 heterocycles. The molecule has 96 valence electrons. The highest BCUT2D eigenvalue weighted by Gasteiger charge is 2.15. The van der Waals surface area contributed by atoms with Gasteiger partial charge in [0.15, 0.2) is 0 Å². The largest absolute Gasteiger partial charge is 0.456 e. The zero-order valence-electron chi connectivity index (χ0n) is 10.0. The van der Waals surface area contributed by atoms with Gasteiger partial charge in [-0.05, 0) is 11.6 Å². The van der Waals surface area contributed by atoms with Crippen molar-refractivity contribution in [3.05, 3.63) is 54.4 Å². The Hall–Kier alpha value is -1.81. The molecule has 1 aromatic heterocycles. The molecule has 4 nitrogen and oxygen atoms in total. The van der Waals surface area contributed by atoms with Gasteiger partial charge in [-0.25, -0.2) is 0 Å². The minimum Gasteiger partial charge on any atom is -0.456 e. The number of halogens is 1. The fourth-order valence-corrected chi connectivity index (χ4v) is 1.66. The van der Waals surface area contributed by atoms with Crippen LogP contribution in [0.5, 0.6) is 0 Å². The molecular weight excluding hydrogens is 252 g/mol. The first-order chi connectivity index (χ1) is 8.25. The summed E-state index contributed by atoms with van der Waals surface area (Å²) >= 11 is 0. The van der Waals surface area contributed by atoms with E-state index in [1.807, 2.05) is 42.6 Å². The molecule has 18 heavy (non-hydrogen) atoms. The maximum absolute atomic E-state index is 11.1. The molecular formula is C13H15ClN2O2. The molecule has 0 radical (unpaired) electrons. The summed E-state index contributed by atoms with van der Waals surface area (Å²) in [4.78, 5) is 11.1. The Bertz CT molecular complexity index is 471. The van der Waals surface area contributed by atoms with Crippen molar-refractivity contribution in [3.8, 4) is 0 Å². The lowest BCUT2D eigenvalue weighted by Gasteiger charge is -2.17. The Morgan fingerprint density at radius 2 is 2.06 bits per heavy atom. The molecule has 2 aromatic rings. The van der Waals surface area contributed by atoms with Gasteiger partial charge in [-0.2, -0.15) is 5.10 Å². The Balaban J connectivity index is 0.00000162. The molecule has 0 aliphatic rings. The molecule has 0 aliphatic heterocycles. The smallest absolute Gasteiger partial charge is 0.303 e. The lowest BCUT2D eigenvalue weighted by molar-refractivity contribution is -0.147. The first-order valence-electron chi connectivity index (χ1n) is 5.45. The van der Waals surface area contributed by atoms with E-state index in [0.29, 0.717) is 6.54 Å². The third-order valence-electron chi connectivity index (χ3n) is 2.39. The van der Waals surface area contributed by atoms with Crippen LogP contribution >= 0.6 is 12.4 Å². The standard InChI is InChI=1S/C13H14N2O2.ClH/c1-11(16)17-13(10-15-9-5-8-14-15)12-6-3-2-4-7-12;/h2-9,13H,10H2,1H3;1H. The van der Waals surface area contributed by atoms with Crippen molar-refractivity contribution in [3.63, 3.8) is 0 Å². The minimum absolute atomic E-state index is 0. The van der Waals surface area contributed by atoms with Gasteiger partial charge in [-0.3, -0.25) is 9.48 Å². The summed E-state index contributed by atoms with van der Waals surface area (Å²) in [6.45, 7) is 1.94. The minimum atomic E-state index is -0.298. The van der Waals surface area contributed by atoms with Crippen LogP contribution in [0.25, 0.3) is 0 Å². The number of aromatic nitrogens is 2. The van der Waals surface area contributed by atoms with Gasteiger partial charge in [0, 0.05) is 19.3 Å². The average Bonchev–Trinajstić information content (AvgIpc) is 2.82. The van der Waals surface area contributed by atoms with Crippen molar-refractivity contribution < 1.29 is 9.53 Å². The van der Waals surface area contributed by atoms with Crippen LogP contribution < -0.4 is 0 Å². The summed E-state index contributed by atoms with van der Waals surface area (Å²) in [5.41, 5.74) is 0.971. The maximum atomic E-state index is 11.1. The van der Waals surface area contributed by atoms with E-state index >= 15 is 0 Å². The van der Waals surface area contributed by atoms with E-state index in [4.69, 9.17) is 4.74 Å². The van der Waals surface area contributed by atoms with Crippen LogP contribution in [0.3, 0.4) is 0 Å². The van der Waals surface area contributed by atoms with Gasteiger partial charge >= 0.3 is 5.97 Å². The predicted octanol–water partition coefficient (Wildman–Crippen LogP) is 2.61. The van der Waals surface area contributed by atoms with Crippen molar-refractivity contribution >= 4 is 18.4 Å². The molecule has 0 aliphatic carbocycles. The van der Waals surface area contributed by atoms with Crippen LogP contribution in [0.1, 0.15) is 18.6 Å². The molecule has 1 aromatic carbocycles. The molecule has 1 atom stereocenters. The number of carbonyl (C=O) groups excluding carboxylic acids is 1. The van der Waals surface area contributed by atoms with Gasteiger partial charge in [-0.1, -0.05) is 30.3 Å². The van der Waals surface area contributed by atoms with Crippen molar-refractivity contribution in [1.29, 1.82) is 0 Å². The second-order valence-electron chi connectivity index (χ2n) is 3.74. The van der Waals surface area contributed by atoms with Crippen LogP contribution in [0.2, 0.25) is 0 Å². The van der Waals surface area contributed by atoms with Gasteiger partial charge in [0.05, 0.1) is 6.54 Å². The molecule has 0 fully saturated rings. The quantitative estimate of drug-likeness (QED) is 0.799. The summed E-state index contributed by atoms with van der Waals surface area (Å²) in [5, 5.41) is 4.11. The summed E-state index contributed by atoms with van der Waals surface area (Å²) in [7, 11) is 0. The highest BCUT2D eigenvalue weighted by molar-refractivity contribution is 5.85. The van der Waals surface area contributed by atoms with E-state index in [1.54, 1.807) is 10.9 Å². The second kappa shape index (κ2) is 6.81. The van der Waals surface area contributed by atoms with Crippen LogP contribution in [-0.2, 0) is 16.1 Å². The summed E-state index contributed by atoms with van der Waals surface area (Å²) in [6, 6.07) is 11.5. The number of ether oxygens (including phenoxy) is 1. The average molecular weight is 267 g/mol. The fourth-order valence-electron chi connectivity index (χ4n) is 1.66. The van der Waals surface area contributed by atoms with Crippen LogP contribution in [0, 0.1) is 0 Å². The molecule has 1 unspecified atom stereocenters. The number of benzene rings is 1. The Kier molecular flexibility index (Phi) is 5.39. The third kappa shape index (κ3) is 3.89. The topological polar surface area (TPSA) is 44.1 Å². The number of nitrogens with zero attached hydrogens (tertiary/aromatic N) is 2. The third-order valence-corrected chi connectivity index (χ3v) is 2.39. The number of esters is 1. The Morgan fingerprint density at radius 1 is 1.33 bits per heavy atom. The van der Waals surface area contributed by atoms with Crippen molar-refractivity contribution in [2.75, 3.05) is 0 Å². The SMILES string of the molecule is CC(=O)OC(Cn1cccn1)c1ccccc1.Cl. The summed E-state index contributed by atoms with van der Waals surface area (Å²) in [6.07, 6.45) is 3.25. The van der Waals surface area contributed by atoms with E-state index in [1.165, 1.54) is 6.92 Å². The monoisotopic (exact) mass is 266 g/mol. The van der Waals surface area contributed by atoms with E-state index in [-0.39, 0.29) is 24.5 Å². The zero-order chi connectivity index (χ0) is 12.1. The van der Waals surface area contributed by atoms with Crippen LogP contribution in [0.4, 0.5) is 0 Å². The number of hydrogen-bond acceptors (Lipinski definition) is 3. The first-order valence-corrected chi connectivity index (χ1v) is 5.45. The van der Waals surface area contributed by atoms with Gasteiger partial charge in [-0.15, -0.1) is 12.4 Å².